The number of imide groups is 1. The molecule has 6 nitrogen and oxygen atoms in total. The van der Waals surface area contributed by atoms with Gasteiger partial charge in [0.2, 0.25) is 5.91 Å². The minimum absolute atomic E-state index is 0.114. The quantitative estimate of drug-likeness (QED) is 0.555. The van der Waals surface area contributed by atoms with E-state index in [4.69, 9.17) is 0 Å². The highest BCUT2D eigenvalue weighted by Gasteiger charge is 2.34. The molecule has 0 unspecified atom stereocenters. The molecular weight excluding hydrogens is 386 g/mol. The molecule has 2 saturated heterocycles. The van der Waals surface area contributed by atoms with Crippen LogP contribution in [-0.2, 0) is 16.1 Å². The Hall–Kier alpha value is -2.80. The van der Waals surface area contributed by atoms with Crippen molar-refractivity contribution in [2.45, 2.75) is 25.8 Å². The SMILES string of the molecule is C=CCN1C(=O)S/C(=C\c2cn(CC(=O)N3CCCCC3)c3ccccc23)C1=O. The van der Waals surface area contributed by atoms with Crippen LogP contribution in [0.25, 0.3) is 17.0 Å². The number of nitrogens with zero attached hydrogens (tertiary/aromatic N) is 3. The van der Waals surface area contributed by atoms with Crippen molar-refractivity contribution in [2.75, 3.05) is 19.6 Å². The molecule has 29 heavy (non-hydrogen) atoms. The molecule has 2 aliphatic rings. The fraction of sp³-hybridized carbons (Fsp3) is 0.318. The van der Waals surface area contributed by atoms with Crippen molar-refractivity contribution in [3.63, 3.8) is 0 Å². The Labute approximate surface area is 173 Å². The fourth-order valence-electron chi connectivity index (χ4n) is 3.84. The van der Waals surface area contributed by atoms with Crippen molar-refractivity contribution >= 4 is 45.8 Å². The van der Waals surface area contributed by atoms with E-state index in [-0.39, 0.29) is 30.1 Å². The van der Waals surface area contributed by atoms with Gasteiger partial charge in [0.05, 0.1) is 4.91 Å². The van der Waals surface area contributed by atoms with Crippen molar-refractivity contribution in [3.05, 3.63) is 53.6 Å². The van der Waals surface area contributed by atoms with Gasteiger partial charge < -0.3 is 9.47 Å². The average Bonchev–Trinajstić information content (AvgIpc) is 3.21. The molecule has 0 aliphatic carbocycles. The van der Waals surface area contributed by atoms with Gasteiger partial charge in [0.1, 0.15) is 6.54 Å². The number of rotatable bonds is 5. The molecule has 0 saturated carbocycles. The number of hydrogen-bond acceptors (Lipinski definition) is 4. The van der Waals surface area contributed by atoms with Crippen molar-refractivity contribution in [2.24, 2.45) is 0 Å². The van der Waals surface area contributed by atoms with Gasteiger partial charge in [-0.15, -0.1) is 6.58 Å². The summed E-state index contributed by atoms with van der Waals surface area (Å²) in [5.41, 5.74) is 1.77. The molecule has 7 heteroatoms. The van der Waals surface area contributed by atoms with Crippen LogP contribution >= 0.6 is 11.8 Å². The number of thioether (sulfide) groups is 1. The van der Waals surface area contributed by atoms with Gasteiger partial charge in [0.25, 0.3) is 11.1 Å². The molecule has 3 amide bonds. The molecule has 0 atom stereocenters. The number of amides is 3. The molecular formula is C22H23N3O3S. The predicted molar refractivity (Wildman–Crippen MR) is 115 cm³/mol. The average molecular weight is 410 g/mol. The van der Waals surface area contributed by atoms with Crippen molar-refractivity contribution in [3.8, 4) is 0 Å². The van der Waals surface area contributed by atoms with Gasteiger partial charge in [0.15, 0.2) is 0 Å². The third-order valence-electron chi connectivity index (χ3n) is 5.31. The van der Waals surface area contributed by atoms with E-state index in [1.54, 1.807) is 6.08 Å². The molecule has 2 aromatic rings. The van der Waals surface area contributed by atoms with Gasteiger partial charge in [-0.25, -0.2) is 0 Å². The zero-order chi connectivity index (χ0) is 20.4. The van der Waals surface area contributed by atoms with E-state index < -0.39 is 0 Å². The monoisotopic (exact) mass is 409 g/mol. The fourth-order valence-corrected chi connectivity index (χ4v) is 4.68. The molecule has 0 bridgehead atoms. The first-order chi connectivity index (χ1) is 14.1. The lowest BCUT2D eigenvalue weighted by Gasteiger charge is -2.27. The summed E-state index contributed by atoms with van der Waals surface area (Å²) in [4.78, 5) is 40.9. The molecule has 2 aliphatic heterocycles. The summed E-state index contributed by atoms with van der Waals surface area (Å²) in [5, 5.41) is 0.666. The number of fused-ring (bicyclic) bond motifs is 1. The van der Waals surface area contributed by atoms with Gasteiger partial charge >= 0.3 is 0 Å². The van der Waals surface area contributed by atoms with Crippen LogP contribution in [-0.4, -0.2) is 51.1 Å². The highest BCUT2D eigenvalue weighted by Crippen LogP contribution is 2.34. The maximum Gasteiger partial charge on any atom is 0.293 e. The standard InChI is InChI=1S/C22H23N3O3S/c1-2-10-25-21(27)19(29-22(25)28)13-16-14-24(18-9-5-4-8-17(16)18)15-20(26)23-11-6-3-7-12-23/h2,4-5,8-9,13-14H,1,3,6-7,10-12,15H2/b19-13-. The number of piperidine rings is 1. The molecule has 1 aromatic heterocycles. The molecule has 3 heterocycles. The maximum absolute atomic E-state index is 12.7. The first-order valence-electron chi connectivity index (χ1n) is 9.80. The number of carbonyl (C=O) groups excluding carboxylic acids is 3. The van der Waals surface area contributed by atoms with Crippen molar-refractivity contribution in [1.29, 1.82) is 0 Å². The van der Waals surface area contributed by atoms with Gasteiger partial charge in [-0.05, 0) is 43.2 Å². The van der Waals surface area contributed by atoms with E-state index >= 15 is 0 Å². The minimum Gasteiger partial charge on any atom is -0.341 e. The molecule has 0 radical (unpaired) electrons. The van der Waals surface area contributed by atoms with Gasteiger partial charge in [0, 0.05) is 42.3 Å². The lowest BCUT2D eigenvalue weighted by Crippen LogP contribution is -2.37. The molecule has 4 rings (SSSR count). The Morgan fingerprint density at radius 3 is 2.66 bits per heavy atom. The normalized spacial score (nSPS) is 18.8. The minimum atomic E-state index is -0.305. The van der Waals surface area contributed by atoms with E-state index in [1.165, 1.54) is 17.4 Å². The molecule has 2 fully saturated rings. The van der Waals surface area contributed by atoms with Gasteiger partial charge in [-0.1, -0.05) is 24.3 Å². The van der Waals surface area contributed by atoms with E-state index in [2.05, 4.69) is 6.58 Å². The lowest BCUT2D eigenvalue weighted by atomic mass is 10.1. The summed E-state index contributed by atoms with van der Waals surface area (Å²) in [6.07, 6.45) is 8.49. The number of aromatic nitrogens is 1. The largest absolute Gasteiger partial charge is 0.341 e. The van der Waals surface area contributed by atoms with E-state index in [1.807, 2.05) is 39.9 Å². The number of para-hydroxylation sites is 1. The Morgan fingerprint density at radius 1 is 1.14 bits per heavy atom. The summed E-state index contributed by atoms with van der Waals surface area (Å²) in [6.45, 7) is 5.71. The highest BCUT2D eigenvalue weighted by molar-refractivity contribution is 8.18. The summed E-state index contributed by atoms with van der Waals surface area (Å²) < 4.78 is 1.94. The Bertz CT molecular complexity index is 1020. The number of likely N-dealkylation sites (tertiary alicyclic amines) is 1. The zero-order valence-corrected chi connectivity index (χ0v) is 17.0. The maximum atomic E-state index is 12.7. The van der Waals surface area contributed by atoms with Crippen LogP contribution in [0.3, 0.4) is 0 Å². The van der Waals surface area contributed by atoms with Crippen LogP contribution < -0.4 is 0 Å². The van der Waals surface area contributed by atoms with E-state index in [0.717, 1.165) is 54.2 Å². The van der Waals surface area contributed by atoms with Crippen LogP contribution in [0.15, 0.2) is 48.0 Å². The van der Waals surface area contributed by atoms with Crippen LogP contribution in [0.4, 0.5) is 4.79 Å². The summed E-state index contributed by atoms with van der Waals surface area (Å²) in [7, 11) is 0. The molecule has 0 N–H and O–H groups in total. The zero-order valence-electron chi connectivity index (χ0n) is 16.2. The third kappa shape index (κ3) is 3.87. The lowest BCUT2D eigenvalue weighted by molar-refractivity contribution is -0.132. The second kappa shape index (κ2) is 8.29. The van der Waals surface area contributed by atoms with Gasteiger partial charge in [-0.3, -0.25) is 19.3 Å². The second-order valence-electron chi connectivity index (χ2n) is 7.25. The van der Waals surface area contributed by atoms with E-state index in [9.17, 15) is 14.4 Å². The summed E-state index contributed by atoms with van der Waals surface area (Å²) >= 11 is 0.937. The molecule has 150 valence electrons. The first kappa shape index (κ1) is 19.5. The Morgan fingerprint density at radius 2 is 1.90 bits per heavy atom. The summed E-state index contributed by atoms with van der Waals surface area (Å²) in [5.74, 6) is -0.190. The molecule has 1 aromatic carbocycles. The smallest absolute Gasteiger partial charge is 0.293 e. The predicted octanol–water partition coefficient (Wildman–Crippen LogP) is 3.88. The first-order valence-corrected chi connectivity index (χ1v) is 10.6. The van der Waals surface area contributed by atoms with Crippen LogP contribution in [0, 0.1) is 0 Å². The number of benzene rings is 1. The number of hydrogen-bond donors (Lipinski definition) is 0. The molecule has 0 spiro atoms. The third-order valence-corrected chi connectivity index (χ3v) is 6.21. The van der Waals surface area contributed by atoms with Crippen LogP contribution in [0.5, 0.6) is 0 Å². The Kier molecular flexibility index (Phi) is 5.58. The van der Waals surface area contributed by atoms with Gasteiger partial charge in [-0.2, -0.15) is 0 Å². The van der Waals surface area contributed by atoms with Crippen molar-refractivity contribution < 1.29 is 14.4 Å². The summed E-state index contributed by atoms with van der Waals surface area (Å²) in [6, 6.07) is 7.81. The van der Waals surface area contributed by atoms with Crippen molar-refractivity contribution in [1.82, 2.24) is 14.4 Å². The second-order valence-corrected chi connectivity index (χ2v) is 8.25. The highest BCUT2D eigenvalue weighted by atomic mass is 32.2. The van der Waals surface area contributed by atoms with Crippen LogP contribution in [0.1, 0.15) is 24.8 Å². The van der Waals surface area contributed by atoms with Crippen LogP contribution in [0.2, 0.25) is 0 Å². The Balaban J connectivity index is 1.64. The topological polar surface area (TPSA) is 62.6 Å². The number of carbonyl (C=O) groups is 3. The van der Waals surface area contributed by atoms with E-state index in [0.29, 0.717) is 4.91 Å².